The van der Waals surface area contributed by atoms with Crippen molar-refractivity contribution in [2.75, 3.05) is 24.6 Å². The van der Waals surface area contributed by atoms with E-state index in [1.54, 1.807) is 29.9 Å². The fourth-order valence-electron chi connectivity index (χ4n) is 4.01. The van der Waals surface area contributed by atoms with E-state index in [4.69, 9.17) is 9.15 Å². The lowest BCUT2D eigenvalue weighted by Crippen LogP contribution is -2.51. The van der Waals surface area contributed by atoms with E-state index in [0.717, 1.165) is 13.1 Å². The van der Waals surface area contributed by atoms with Crippen LogP contribution in [0.15, 0.2) is 35.0 Å². The van der Waals surface area contributed by atoms with Crippen LogP contribution in [0.3, 0.4) is 0 Å². The third kappa shape index (κ3) is 2.86. The van der Waals surface area contributed by atoms with Crippen LogP contribution in [0.5, 0.6) is 0 Å². The fraction of sp³-hybridized carbons (Fsp3) is 0.421. The highest BCUT2D eigenvalue weighted by atomic mass is 16.5. The zero-order valence-corrected chi connectivity index (χ0v) is 15.1. The zero-order chi connectivity index (χ0) is 18.4. The Morgan fingerprint density at radius 1 is 1.33 bits per heavy atom. The van der Waals surface area contributed by atoms with Crippen molar-refractivity contribution >= 4 is 23.1 Å². The van der Waals surface area contributed by atoms with Gasteiger partial charge < -0.3 is 19.4 Å². The van der Waals surface area contributed by atoms with Gasteiger partial charge in [-0.25, -0.2) is 9.48 Å². The molecule has 2 saturated heterocycles. The van der Waals surface area contributed by atoms with Gasteiger partial charge in [0.2, 0.25) is 0 Å². The molecule has 2 aliphatic rings. The van der Waals surface area contributed by atoms with Crippen LogP contribution in [-0.4, -0.2) is 52.5 Å². The van der Waals surface area contributed by atoms with Gasteiger partial charge in [0, 0.05) is 37.6 Å². The molecule has 2 unspecified atom stereocenters. The predicted molar refractivity (Wildman–Crippen MR) is 99.2 cm³/mol. The van der Waals surface area contributed by atoms with Gasteiger partial charge in [-0.3, -0.25) is 0 Å². The van der Waals surface area contributed by atoms with Crippen molar-refractivity contribution in [1.82, 2.24) is 20.1 Å². The first-order valence-electron chi connectivity index (χ1n) is 9.34. The number of rotatable bonds is 4. The molecule has 2 bridgehead atoms. The standard InChI is InChI=1S/C19H21N5O3/c1-2-26-18(25)12-8-15-17(16(9-12)24-7-3-6-20-24)27-19(22-15)23-10-13-4-5-14(11-23)21-13/h3,6-9,13-14,21H,2,4-5,10-11H2,1H3. The number of fused-ring (bicyclic) bond motifs is 3. The minimum Gasteiger partial charge on any atom is -0.462 e. The number of carbonyl (C=O) groups is 1. The number of oxazole rings is 1. The molecule has 27 heavy (non-hydrogen) atoms. The Labute approximate surface area is 156 Å². The number of hydrogen-bond acceptors (Lipinski definition) is 7. The third-order valence-electron chi connectivity index (χ3n) is 5.21. The predicted octanol–water partition coefficient (Wildman–Crippen LogP) is 2.13. The number of nitrogens with zero attached hydrogens (tertiary/aromatic N) is 4. The maximum absolute atomic E-state index is 12.3. The van der Waals surface area contributed by atoms with Crippen LogP contribution >= 0.6 is 0 Å². The molecule has 4 heterocycles. The lowest BCUT2D eigenvalue weighted by molar-refractivity contribution is 0.0526. The Kier molecular flexibility index (Phi) is 3.86. The molecule has 2 aliphatic heterocycles. The van der Waals surface area contributed by atoms with Gasteiger partial charge in [0.1, 0.15) is 11.2 Å². The van der Waals surface area contributed by atoms with Crippen LogP contribution in [0.2, 0.25) is 0 Å². The minimum atomic E-state index is -0.377. The number of carbonyl (C=O) groups excluding carboxylic acids is 1. The molecular weight excluding hydrogens is 346 g/mol. The van der Waals surface area contributed by atoms with Crippen LogP contribution in [0.1, 0.15) is 30.1 Å². The summed E-state index contributed by atoms with van der Waals surface area (Å²) >= 11 is 0. The largest absolute Gasteiger partial charge is 0.462 e. The second-order valence-corrected chi connectivity index (χ2v) is 7.05. The van der Waals surface area contributed by atoms with E-state index < -0.39 is 0 Å². The summed E-state index contributed by atoms with van der Waals surface area (Å²) in [7, 11) is 0. The van der Waals surface area contributed by atoms with Gasteiger partial charge in [0.05, 0.1) is 12.2 Å². The normalized spacial score (nSPS) is 21.7. The van der Waals surface area contributed by atoms with Crippen molar-refractivity contribution in [2.24, 2.45) is 0 Å². The first kappa shape index (κ1) is 16.3. The van der Waals surface area contributed by atoms with E-state index in [-0.39, 0.29) is 5.97 Å². The molecular formula is C19H21N5O3. The summed E-state index contributed by atoms with van der Waals surface area (Å²) < 4.78 is 13.0. The maximum Gasteiger partial charge on any atom is 0.338 e. The zero-order valence-electron chi connectivity index (χ0n) is 15.1. The van der Waals surface area contributed by atoms with Crippen molar-refractivity contribution in [3.05, 3.63) is 36.2 Å². The molecule has 2 atom stereocenters. The molecule has 0 spiro atoms. The van der Waals surface area contributed by atoms with E-state index in [9.17, 15) is 4.79 Å². The number of piperazine rings is 1. The van der Waals surface area contributed by atoms with Crippen molar-refractivity contribution < 1.29 is 13.9 Å². The van der Waals surface area contributed by atoms with Gasteiger partial charge in [-0.15, -0.1) is 0 Å². The summed E-state index contributed by atoms with van der Waals surface area (Å²) in [5, 5.41) is 7.90. The molecule has 2 aromatic heterocycles. The minimum absolute atomic E-state index is 0.321. The van der Waals surface area contributed by atoms with E-state index in [1.807, 2.05) is 12.3 Å². The van der Waals surface area contributed by atoms with E-state index >= 15 is 0 Å². The van der Waals surface area contributed by atoms with Crippen molar-refractivity contribution in [3.63, 3.8) is 0 Å². The smallest absolute Gasteiger partial charge is 0.338 e. The topological polar surface area (TPSA) is 85.4 Å². The highest BCUT2D eigenvalue weighted by molar-refractivity contribution is 5.96. The van der Waals surface area contributed by atoms with Gasteiger partial charge in [0.25, 0.3) is 6.01 Å². The van der Waals surface area contributed by atoms with Gasteiger partial charge in [-0.05, 0) is 38.0 Å². The Balaban J connectivity index is 1.60. The fourth-order valence-corrected chi connectivity index (χ4v) is 4.01. The molecule has 8 heteroatoms. The number of anilines is 1. The SMILES string of the molecule is CCOC(=O)c1cc(-n2cccn2)c2oc(N3CC4CCC(C3)N4)nc2c1. The average Bonchev–Trinajstić information content (AvgIpc) is 3.40. The summed E-state index contributed by atoms with van der Waals surface area (Å²) in [6.07, 6.45) is 5.88. The van der Waals surface area contributed by atoms with Crippen LogP contribution in [-0.2, 0) is 4.74 Å². The van der Waals surface area contributed by atoms with E-state index in [2.05, 4.69) is 20.3 Å². The summed E-state index contributed by atoms with van der Waals surface area (Å²) in [6, 6.07) is 6.86. The molecule has 0 radical (unpaired) electrons. The van der Waals surface area contributed by atoms with Crippen molar-refractivity contribution in [2.45, 2.75) is 31.8 Å². The van der Waals surface area contributed by atoms with Gasteiger partial charge in [0.15, 0.2) is 5.58 Å². The van der Waals surface area contributed by atoms with E-state index in [1.165, 1.54) is 12.8 Å². The number of aromatic nitrogens is 3. The van der Waals surface area contributed by atoms with Crippen LogP contribution in [0, 0.1) is 0 Å². The lowest BCUT2D eigenvalue weighted by atomic mass is 10.1. The summed E-state index contributed by atoms with van der Waals surface area (Å²) in [5.41, 5.74) is 2.37. The molecule has 0 amide bonds. The number of benzene rings is 1. The summed E-state index contributed by atoms with van der Waals surface area (Å²) in [5.74, 6) is -0.377. The third-order valence-corrected chi connectivity index (χ3v) is 5.21. The van der Waals surface area contributed by atoms with Crippen molar-refractivity contribution in [3.8, 4) is 5.69 Å². The highest BCUT2D eigenvalue weighted by Gasteiger charge is 2.34. The second kappa shape index (κ2) is 6.38. The van der Waals surface area contributed by atoms with Crippen molar-refractivity contribution in [1.29, 1.82) is 0 Å². The highest BCUT2D eigenvalue weighted by Crippen LogP contribution is 2.31. The molecule has 5 rings (SSSR count). The number of esters is 1. The van der Waals surface area contributed by atoms with Crippen LogP contribution in [0.25, 0.3) is 16.8 Å². The Bertz CT molecular complexity index is 969. The first-order chi connectivity index (χ1) is 13.2. The van der Waals surface area contributed by atoms with Gasteiger partial charge in [-0.1, -0.05) is 0 Å². The first-order valence-corrected chi connectivity index (χ1v) is 9.34. The monoisotopic (exact) mass is 367 g/mol. The lowest BCUT2D eigenvalue weighted by Gasteiger charge is -2.31. The molecule has 8 nitrogen and oxygen atoms in total. The van der Waals surface area contributed by atoms with E-state index in [0.29, 0.717) is 47.1 Å². The number of nitrogens with one attached hydrogen (secondary N) is 1. The quantitative estimate of drug-likeness (QED) is 0.707. The van der Waals surface area contributed by atoms with Gasteiger partial charge in [-0.2, -0.15) is 10.1 Å². The summed E-state index contributed by atoms with van der Waals surface area (Å²) in [6.45, 7) is 3.87. The molecule has 2 fully saturated rings. The Morgan fingerprint density at radius 2 is 2.15 bits per heavy atom. The Hall–Kier alpha value is -2.87. The second-order valence-electron chi connectivity index (χ2n) is 7.05. The maximum atomic E-state index is 12.3. The number of hydrogen-bond donors (Lipinski definition) is 1. The molecule has 0 aliphatic carbocycles. The summed E-state index contributed by atoms with van der Waals surface area (Å²) in [4.78, 5) is 19.2. The van der Waals surface area contributed by atoms with Crippen LogP contribution in [0.4, 0.5) is 6.01 Å². The molecule has 1 aromatic carbocycles. The average molecular weight is 367 g/mol. The molecule has 1 N–H and O–H groups in total. The molecule has 140 valence electrons. The molecule has 3 aromatic rings. The van der Waals surface area contributed by atoms with Gasteiger partial charge >= 0.3 is 5.97 Å². The van der Waals surface area contributed by atoms with Crippen LogP contribution < -0.4 is 10.2 Å². The Morgan fingerprint density at radius 3 is 2.85 bits per heavy atom. The number of ether oxygens (including phenoxy) is 1. The molecule has 0 saturated carbocycles.